The van der Waals surface area contributed by atoms with Crippen molar-refractivity contribution in [3.8, 4) is 0 Å². The van der Waals surface area contributed by atoms with Gasteiger partial charge in [-0.05, 0) is 72.9 Å². The second kappa shape index (κ2) is 12.9. The molecule has 0 spiro atoms. The van der Waals surface area contributed by atoms with E-state index in [0.717, 1.165) is 28.2 Å². The number of amides is 3. The third-order valence-electron chi connectivity index (χ3n) is 6.27. The molecule has 6 nitrogen and oxygen atoms in total. The molecule has 2 heterocycles. The van der Waals surface area contributed by atoms with Crippen molar-refractivity contribution in [3.63, 3.8) is 0 Å². The largest absolute Gasteiger partial charge is 0.376 e. The fourth-order valence-corrected chi connectivity index (χ4v) is 5.50. The Morgan fingerprint density at radius 3 is 2.47 bits per heavy atom. The van der Waals surface area contributed by atoms with Gasteiger partial charge in [0.15, 0.2) is 0 Å². The van der Waals surface area contributed by atoms with Gasteiger partial charge >= 0.3 is 6.03 Å². The number of benzene rings is 2. The molecule has 3 aromatic rings. The normalized spacial score (nSPS) is 15.0. The number of aryl methyl sites for hydroxylation is 1. The number of hydrogen-bond acceptors (Lipinski definition) is 5. The molecular weight excluding hydrogens is 490 g/mol. The molecule has 1 N–H and O–H groups in total. The van der Waals surface area contributed by atoms with Crippen LogP contribution in [0.3, 0.4) is 0 Å². The lowest BCUT2D eigenvalue weighted by Gasteiger charge is -2.29. The fraction of sp³-hybridized carbons (Fsp3) is 0.357. The van der Waals surface area contributed by atoms with E-state index in [1.54, 1.807) is 28.0 Å². The Kier molecular flexibility index (Phi) is 9.44. The third-order valence-corrected chi connectivity index (χ3v) is 8.03. The van der Waals surface area contributed by atoms with Crippen LogP contribution in [-0.2, 0) is 22.6 Å². The van der Waals surface area contributed by atoms with Crippen molar-refractivity contribution in [2.75, 3.05) is 31.3 Å². The zero-order valence-corrected chi connectivity index (χ0v) is 22.4. The minimum Gasteiger partial charge on any atom is -0.376 e. The van der Waals surface area contributed by atoms with E-state index in [0.29, 0.717) is 31.9 Å². The van der Waals surface area contributed by atoms with Gasteiger partial charge in [0.05, 0.1) is 12.6 Å². The van der Waals surface area contributed by atoms with E-state index in [-0.39, 0.29) is 24.6 Å². The van der Waals surface area contributed by atoms with Gasteiger partial charge in [-0.1, -0.05) is 30.3 Å². The van der Waals surface area contributed by atoms with E-state index in [2.05, 4.69) is 23.7 Å². The summed E-state index contributed by atoms with van der Waals surface area (Å²) >= 11 is 3.30. The Morgan fingerprint density at radius 2 is 1.83 bits per heavy atom. The number of ether oxygens (including phenoxy) is 1. The number of anilines is 1. The van der Waals surface area contributed by atoms with Gasteiger partial charge in [0, 0.05) is 35.2 Å². The van der Waals surface area contributed by atoms with Crippen molar-refractivity contribution in [1.82, 2.24) is 9.80 Å². The number of hydrogen-bond donors (Lipinski definition) is 1. The third kappa shape index (κ3) is 7.35. The minimum absolute atomic E-state index is 0.00809. The number of thioether (sulfide) groups is 1. The van der Waals surface area contributed by atoms with E-state index in [1.165, 1.54) is 5.56 Å². The number of carbonyl (C=O) groups is 2. The predicted octanol–water partition coefficient (Wildman–Crippen LogP) is 6.02. The molecule has 190 valence electrons. The molecule has 4 rings (SSSR count). The Balaban J connectivity index is 1.50. The van der Waals surface area contributed by atoms with Crippen molar-refractivity contribution >= 4 is 40.7 Å². The summed E-state index contributed by atoms with van der Waals surface area (Å²) in [5, 5.41) is 5.02. The van der Waals surface area contributed by atoms with Gasteiger partial charge < -0.3 is 19.9 Å². The number of carbonyl (C=O) groups excluding carboxylic acids is 2. The summed E-state index contributed by atoms with van der Waals surface area (Å²) in [5.74, 6) is -0.0856. The lowest BCUT2D eigenvalue weighted by atomic mass is 10.2. The minimum atomic E-state index is -0.289. The lowest BCUT2D eigenvalue weighted by Crippen LogP contribution is -2.46. The van der Waals surface area contributed by atoms with Crippen molar-refractivity contribution < 1.29 is 14.3 Å². The molecule has 8 heteroatoms. The highest BCUT2D eigenvalue weighted by Gasteiger charge is 2.27. The summed E-state index contributed by atoms with van der Waals surface area (Å²) in [6, 6.07) is 19.5. The highest BCUT2D eigenvalue weighted by Crippen LogP contribution is 2.21. The Bertz CT molecular complexity index is 1130. The number of nitrogens with zero attached hydrogens (tertiary/aromatic N) is 2. The van der Waals surface area contributed by atoms with Gasteiger partial charge in [0.2, 0.25) is 5.91 Å². The van der Waals surface area contributed by atoms with E-state index in [4.69, 9.17) is 4.74 Å². The van der Waals surface area contributed by atoms with Gasteiger partial charge in [0.1, 0.15) is 6.54 Å². The SMILES string of the molecule is CSc1ccc(NC(=O)N(CC(=O)N(Cc2ccccc2)Cc2sccc2C)CC2CCCO2)cc1. The van der Waals surface area contributed by atoms with Crippen molar-refractivity contribution in [1.29, 1.82) is 0 Å². The molecule has 0 bridgehead atoms. The summed E-state index contributed by atoms with van der Waals surface area (Å²) in [4.78, 5) is 32.7. The molecule has 1 aromatic heterocycles. The fourth-order valence-electron chi connectivity index (χ4n) is 4.17. The molecule has 1 saturated heterocycles. The average molecular weight is 524 g/mol. The number of nitrogens with one attached hydrogen (secondary N) is 1. The van der Waals surface area contributed by atoms with Crippen LogP contribution >= 0.6 is 23.1 Å². The summed E-state index contributed by atoms with van der Waals surface area (Å²) in [6.45, 7) is 4.15. The molecule has 0 radical (unpaired) electrons. The topological polar surface area (TPSA) is 61.9 Å². The van der Waals surface area contributed by atoms with Gasteiger partial charge in [0.25, 0.3) is 0 Å². The van der Waals surface area contributed by atoms with E-state index in [1.807, 2.05) is 65.8 Å². The first-order valence-electron chi connectivity index (χ1n) is 12.2. The first-order chi connectivity index (χ1) is 17.5. The molecule has 2 aromatic carbocycles. The molecule has 0 saturated carbocycles. The molecule has 1 aliphatic rings. The Hall–Kier alpha value is -2.81. The summed E-state index contributed by atoms with van der Waals surface area (Å²) in [6.07, 6.45) is 3.83. The quantitative estimate of drug-likeness (QED) is 0.330. The second-order valence-electron chi connectivity index (χ2n) is 8.94. The maximum Gasteiger partial charge on any atom is 0.322 e. The van der Waals surface area contributed by atoms with Crippen LogP contribution in [0.15, 0.2) is 70.9 Å². The lowest BCUT2D eigenvalue weighted by molar-refractivity contribution is -0.133. The predicted molar refractivity (Wildman–Crippen MR) is 148 cm³/mol. The zero-order valence-electron chi connectivity index (χ0n) is 20.8. The van der Waals surface area contributed by atoms with Crippen molar-refractivity contribution in [2.45, 2.75) is 43.9 Å². The second-order valence-corrected chi connectivity index (χ2v) is 10.8. The number of rotatable bonds is 10. The van der Waals surface area contributed by atoms with Crippen LogP contribution in [0.4, 0.5) is 10.5 Å². The van der Waals surface area contributed by atoms with Gasteiger partial charge in [-0.25, -0.2) is 4.79 Å². The maximum atomic E-state index is 13.7. The first kappa shape index (κ1) is 26.3. The van der Waals surface area contributed by atoms with Crippen LogP contribution in [0.2, 0.25) is 0 Å². The Morgan fingerprint density at radius 1 is 1.06 bits per heavy atom. The van der Waals surface area contributed by atoms with Crippen LogP contribution in [0, 0.1) is 6.92 Å². The van der Waals surface area contributed by atoms with Gasteiger partial charge in [-0.3, -0.25) is 4.79 Å². The average Bonchev–Trinajstić information content (AvgIpc) is 3.56. The summed E-state index contributed by atoms with van der Waals surface area (Å²) < 4.78 is 5.81. The molecule has 0 aliphatic carbocycles. The molecule has 1 atom stereocenters. The highest BCUT2D eigenvalue weighted by atomic mass is 32.2. The van der Waals surface area contributed by atoms with Crippen LogP contribution in [0.25, 0.3) is 0 Å². The van der Waals surface area contributed by atoms with Crippen LogP contribution in [-0.4, -0.2) is 53.8 Å². The van der Waals surface area contributed by atoms with Gasteiger partial charge in [-0.2, -0.15) is 0 Å². The van der Waals surface area contributed by atoms with E-state index >= 15 is 0 Å². The standard InChI is InChI=1S/C28H33N3O3S2/c1-21-14-16-36-26(21)19-30(17-22-7-4-3-5-8-22)27(32)20-31(18-24-9-6-15-34-24)28(33)29-23-10-12-25(35-2)13-11-23/h3-5,7-8,10-14,16,24H,6,9,15,17-20H2,1-2H3,(H,29,33). The van der Waals surface area contributed by atoms with Gasteiger partial charge in [-0.15, -0.1) is 23.1 Å². The van der Waals surface area contributed by atoms with Crippen LogP contribution < -0.4 is 5.32 Å². The highest BCUT2D eigenvalue weighted by molar-refractivity contribution is 7.98. The van der Waals surface area contributed by atoms with E-state index < -0.39 is 0 Å². The molecule has 1 aliphatic heterocycles. The Labute approximate surface area is 221 Å². The molecule has 3 amide bonds. The summed E-state index contributed by atoms with van der Waals surface area (Å²) in [7, 11) is 0. The molecule has 1 fully saturated rings. The monoisotopic (exact) mass is 523 g/mol. The van der Waals surface area contributed by atoms with Crippen LogP contribution in [0.1, 0.15) is 28.8 Å². The number of urea groups is 1. The first-order valence-corrected chi connectivity index (χ1v) is 14.3. The van der Waals surface area contributed by atoms with Crippen LogP contribution in [0.5, 0.6) is 0 Å². The van der Waals surface area contributed by atoms with E-state index in [9.17, 15) is 9.59 Å². The van der Waals surface area contributed by atoms with Crippen molar-refractivity contribution in [3.05, 3.63) is 82.0 Å². The zero-order chi connectivity index (χ0) is 25.3. The maximum absolute atomic E-state index is 13.7. The van der Waals surface area contributed by atoms with Crippen molar-refractivity contribution in [2.24, 2.45) is 0 Å². The molecule has 1 unspecified atom stereocenters. The smallest absolute Gasteiger partial charge is 0.322 e. The number of thiophene rings is 1. The summed E-state index contributed by atoms with van der Waals surface area (Å²) in [5.41, 5.74) is 2.94. The molecule has 36 heavy (non-hydrogen) atoms. The molecular formula is C28H33N3O3S2.